The molecule has 0 saturated carbocycles. The molecule has 0 aliphatic carbocycles. The number of rotatable bonds is 1. The zero-order valence-electron chi connectivity index (χ0n) is 8.87. The molecule has 1 saturated heterocycles. The maximum Gasteiger partial charge on any atom is 0.416 e. The highest BCUT2D eigenvalue weighted by Gasteiger charge is 2.65. The van der Waals surface area contributed by atoms with Gasteiger partial charge in [0.1, 0.15) is 0 Å². The number of nitrogens with two attached hydrogens (primary N) is 1. The second-order valence-corrected chi connectivity index (χ2v) is 3.96. The Kier molecular flexibility index (Phi) is 2.52. The predicted octanol–water partition coefficient (Wildman–Crippen LogP) is 2.23. The number of hydrogen-bond donors (Lipinski definition) is 1. The summed E-state index contributed by atoms with van der Waals surface area (Å²) in [6.45, 7) is 0.0315. The quantitative estimate of drug-likeness (QED) is 0.809. The minimum atomic E-state index is -4.53. The van der Waals surface area contributed by atoms with Crippen molar-refractivity contribution in [3.8, 4) is 0 Å². The maximum atomic E-state index is 13.2. The van der Waals surface area contributed by atoms with E-state index in [0.29, 0.717) is 4.90 Å². The average Bonchev–Trinajstić information content (AvgIpc) is 2.14. The fraction of sp³-hybridized carbons (Fsp3) is 0.364. The lowest BCUT2D eigenvalue weighted by atomic mass is 9.77. The van der Waals surface area contributed by atoms with Crippen molar-refractivity contribution in [2.75, 3.05) is 6.54 Å². The smallest absolute Gasteiger partial charge is 0.351 e. The lowest BCUT2D eigenvalue weighted by Crippen LogP contribution is -2.68. The van der Waals surface area contributed by atoms with E-state index < -0.39 is 17.7 Å². The molecule has 0 bridgehead atoms. The number of nitrogens with zero attached hydrogens (tertiary/aromatic N) is 1. The molecule has 0 radical (unpaired) electrons. The van der Waals surface area contributed by atoms with Crippen LogP contribution in [0.15, 0.2) is 30.3 Å². The number of carbonyl (C=O) groups excluding carboxylic acids is 1. The molecule has 1 aliphatic heterocycles. The van der Waals surface area contributed by atoms with Crippen LogP contribution in [0.2, 0.25) is 0 Å². The van der Waals surface area contributed by atoms with Crippen molar-refractivity contribution in [2.24, 2.45) is 5.73 Å². The van der Waals surface area contributed by atoms with Gasteiger partial charge in [0.05, 0.1) is 0 Å². The van der Waals surface area contributed by atoms with Gasteiger partial charge >= 0.3 is 12.2 Å². The molecule has 3 nitrogen and oxygen atoms in total. The van der Waals surface area contributed by atoms with Crippen LogP contribution in [-0.2, 0) is 5.54 Å². The molecule has 1 unspecified atom stereocenters. The second kappa shape index (κ2) is 3.65. The fourth-order valence-corrected chi connectivity index (χ4v) is 2.22. The fourth-order valence-electron chi connectivity index (χ4n) is 2.22. The van der Waals surface area contributed by atoms with Crippen molar-refractivity contribution >= 4 is 6.03 Å². The van der Waals surface area contributed by atoms with Gasteiger partial charge in [-0.3, -0.25) is 0 Å². The molecule has 6 heteroatoms. The summed E-state index contributed by atoms with van der Waals surface area (Å²) >= 11 is 0. The first-order valence-electron chi connectivity index (χ1n) is 5.09. The van der Waals surface area contributed by atoms with E-state index in [2.05, 4.69) is 0 Å². The van der Waals surface area contributed by atoms with E-state index in [4.69, 9.17) is 5.73 Å². The summed E-state index contributed by atoms with van der Waals surface area (Å²) in [5, 5.41) is 0. The Morgan fingerprint density at radius 1 is 1.29 bits per heavy atom. The molecule has 2 amide bonds. The Hall–Kier alpha value is -1.72. The SMILES string of the molecule is NC(=O)N1CCC1(c1ccccc1)C(F)(F)F. The Morgan fingerprint density at radius 2 is 1.88 bits per heavy atom. The number of primary amides is 1. The summed E-state index contributed by atoms with van der Waals surface area (Å²) in [6, 6.07) is 6.34. The van der Waals surface area contributed by atoms with Crippen LogP contribution in [0.4, 0.5) is 18.0 Å². The monoisotopic (exact) mass is 244 g/mol. The normalized spacial score (nSPS) is 24.3. The van der Waals surface area contributed by atoms with Crippen molar-refractivity contribution in [1.29, 1.82) is 0 Å². The minimum Gasteiger partial charge on any atom is -0.351 e. The van der Waals surface area contributed by atoms with Crippen LogP contribution in [0, 0.1) is 0 Å². The molecule has 2 N–H and O–H groups in total. The Balaban J connectivity index is 2.51. The maximum absolute atomic E-state index is 13.2. The van der Waals surface area contributed by atoms with Crippen LogP contribution in [0.5, 0.6) is 0 Å². The van der Waals surface area contributed by atoms with Gasteiger partial charge in [-0.05, 0) is 5.56 Å². The Morgan fingerprint density at radius 3 is 2.24 bits per heavy atom. The number of amides is 2. The predicted molar refractivity (Wildman–Crippen MR) is 55.1 cm³/mol. The van der Waals surface area contributed by atoms with Gasteiger partial charge in [-0.25, -0.2) is 4.79 Å². The van der Waals surface area contributed by atoms with Gasteiger partial charge in [0, 0.05) is 13.0 Å². The standard InChI is InChI=1S/C11H11F3N2O/c12-11(13,14)10(6-7-16(10)9(15)17)8-4-2-1-3-5-8/h1-5H,6-7H2,(H2,15,17). The van der Waals surface area contributed by atoms with Crippen molar-refractivity contribution in [2.45, 2.75) is 18.1 Å². The summed E-state index contributed by atoms with van der Waals surface area (Å²) in [6.07, 6.45) is -4.68. The van der Waals surface area contributed by atoms with Crippen LogP contribution >= 0.6 is 0 Å². The Labute approximate surface area is 96.0 Å². The van der Waals surface area contributed by atoms with E-state index >= 15 is 0 Å². The van der Waals surface area contributed by atoms with Gasteiger partial charge in [-0.1, -0.05) is 30.3 Å². The summed E-state index contributed by atoms with van der Waals surface area (Å²) in [7, 11) is 0. The summed E-state index contributed by atoms with van der Waals surface area (Å²) in [4.78, 5) is 11.7. The number of halogens is 3. The van der Waals surface area contributed by atoms with E-state index in [1.807, 2.05) is 0 Å². The van der Waals surface area contributed by atoms with Crippen molar-refractivity contribution in [3.63, 3.8) is 0 Å². The third-order valence-corrected chi connectivity index (χ3v) is 3.14. The molecule has 2 rings (SSSR count). The zero-order chi connectivity index (χ0) is 12.7. The van der Waals surface area contributed by atoms with Gasteiger partial charge in [-0.2, -0.15) is 13.2 Å². The van der Waals surface area contributed by atoms with Crippen LogP contribution in [0.1, 0.15) is 12.0 Å². The largest absolute Gasteiger partial charge is 0.416 e. The van der Waals surface area contributed by atoms with Crippen LogP contribution < -0.4 is 5.73 Å². The van der Waals surface area contributed by atoms with Crippen molar-refractivity contribution in [3.05, 3.63) is 35.9 Å². The van der Waals surface area contributed by atoms with E-state index in [-0.39, 0.29) is 18.5 Å². The van der Waals surface area contributed by atoms with Crippen LogP contribution in [0.3, 0.4) is 0 Å². The highest BCUT2D eigenvalue weighted by atomic mass is 19.4. The topological polar surface area (TPSA) is 46.3 Å². The number of benzene rings is 1. The third kappa shape index (κ3) is 1.55. The van der Waals surface area contributed by atoms with E-state index in [0.717, 1.165) is 0 Å². The first kappa shape index (κ1) is 11.8. The average molecular weight is 244 g/mol. The van der Waals surface area contributed by atoms with Gasteiger partial charge < -0.3 is 10.6 Å². The molecule has 0 spiro atoms. The van der Waals surface area contributed by atoms with E-state index in [1.165, 1.54) is 24.3 Å². The zero-order valence-corrected chi connectivity index (χ0v) is 8.87. The first-order valence-corrected chi connectivity index (χ1v) is 5.09. The highest BCUT2D eigenvalue weighted by Crippen LogP contribution is 2.51. The third-order valence-electron chi connectivity index (χ3n) is 3.14. The van der Waals surface area contributed by atoms with E-state index in [9.17, 15) is 18.0 Å². The summed E-state index contributed by atoms with van der Waals surface area (Å²) in [5.74, 6) is 0. The number of alkyl halides is 3. The number of likely N-dealkylation sites (tertiary alicyclic amines) is 1. The van der Waals surface area contributed by atoms with Gasteiger partial charge in [-0.15, -0.1) is 0 Å². The second-order valence-electron chi connectivity index (χ2n) is 3.96. The van der Waals surface area contributed by atoms with Gasteiger partial charge in [0.25, 0.3) is 0 Å². The highest BCUT2D eigenvalue weighted by molar-refractivity contribution is 5.74. The molecular weight excluding hydrogens is 233 g/mol. The van der Waals surface area contributed by atoms with Crippen LogP contribution in [-0.4, -0.2) is 23.7 Å². The summed E-state index contributed by atoms with van der Waals surface area (Å²) in [5.41, 5.74) is 2.80. The molecule has 1 aromatic rings. The number of hydrogen-bond acceptors (Lipinski definition) is 1. The van der Waals surface area contributed by atoms with Gasteiger partial charge in [0.2, 0.25) is 0 Å². The Bertz CT molecular complexity index is 432. The van der Waals surface area contributed by atoms with E-state index in [1.54, 1.807) is 6.07 Å². The molecule has 1 atom stereocenters. The van der Waals surface area contributed by atoms with Crippen LogP contribution in [0.25, 0.3) is 0 Å². The lowest BCUT2D eigenvalue weighted by molar-refractivity contribution is -0.258. The molecule has 92 valence electrons. The molecule has 0 aromatic heterocycles. The molecule has 1 aromatic carbocycles. The molecule has 1 aliphatic rings. The van der Waals surface area contributed by atoms with Gasteiger partial charge in [0.15, 0.2) is 5.54 Å². The van der Waals surface area contributed by atoms with Crippen molar-refractivity contribution < 1.29 is 18.0 Å². The summed E-state index contributed by atoms with van der Waals surface area (Å²) < 4.78 is 39.6. The molecular formula is C11H11F3N2O. The first-order chi connectivity index (χ1) is 7.89. The van der Waals surface area contributed by atoms with Crippen molar-refractivity contribution in [1.82, 2.24) is 4.90 Å². The molecule has 1 heterocycles. The lowest BCUT2D eigenvalue weighted by Gasteiger charge is -2.52. The molecule has 17 heavy (non-hydrogen) atoms. The number of carbonyl (C=O) groups is 1. The molecule has 1 fully saturated rings. The minimum absolute atomic E-state index is 0.0315. The number of urea groups is 1.